The molecule has 0 saturated carbocycles. The highest BCUT2D eigenvalue weighted by Crippen LogP contribution is 2.25. The van der Waals surface area contributed by atoms with Gasteiger partial charge in [0.05, 0.1) is 0 Å². The zero-order chi connectivity index (χ0) is 90.0. The average molecular weight is 1600 g/mol. The Morgan fingerprint density at radius 1 is 0.175 bits per heavy atom. The van der Waals surface area contributed by atoms with Crippen LogP contribution in [0.1, 0.15) is 548 Å². The van der Waals surface area contributed by atoms with E-state index in [0.29, 0.717) is 0 Å². The van der Waals surface area contributed by atoms with Gasteiger partial charge in [-0.3, -0.25) is 0 Å². The van der Waals surface area contributed by atoms with Gasteiger partial charge in [0.1, 0.15) is 0 Å². The number of hydrogen-bond donors (Lipinski definition) is 0. The summed E-state index contributed by atoms with van der Waals surface area (Å²) in [6, 6.07) is 0. The molecular weight excluding hydrogens is 1370 g/mol. The first kappa shape index (κ1) is 130. The summed E-state index contributed by atoms with van der Waals surface area (Å²) in [5.41, 5.74) is 10.5. The van der Waals surface area contributed by atoms with Crippen LogP contribution in [0.2, 0.25) is 0 Å². The van der Waals surface area contributed by atoms with Crippen molar-refractivity contribution in [2.75, 3.05) is 0 Å². The molecule has 114 heavy (non-hydrogen) atoms. The van der Waals surface area contributed by atoms with Gasteiger partial charge in [-0.1, -0.05) is 477 Å². The zero-order valence-corrected chi connectivity index (χ0v) is 88.5. The highest BCUT2D eigenvalue weighted by Gasteiger charge is 2.09. The molecule has 7 unspecified atom stereocenters. The Balaban J connectivity index is -0.000000159. The smallest absolute Gasteiger partial charge is 0.0288 e. The highest BCUT2D eigenvalue weighted by molar-refractivity contribution is 5.07. The van der Waals surface area contributed by atoms with Crippen molar-refractivity contribution >= 4 is 0 Å². The van der Waals surface area contributed by atoms with Gasteiger partial charge in [-0.15, -0.1) is 0 Å². The van der Waals surface area contributed by atoms with Crippen LogP contribution in [0.3, 0.4) is 0 Å². The first-order valence-electron chi connectivity index (χ1n) is 50.6. The molecule has 7 atom stereocenters. The molecule has 0 bridgehead atoms. The number of rotatable bonds is 55. The minimum absolute atomic E-state index is 0.779. The van der Waals surface area contributed by atoms with E-state index in [1.165, 1.54) is 284 Å². The quantitative estimate of drug-likeness (QED) is 0.0533. The molecule has 0 spiro atoms. The average Bonchev–Trinajstić information content (AvgIpc) is 0.967. The van der Waals surface area contributed by atoms with Crippen LogP contribution in [0.5, 0.6) is 0 Å². The third-order valence-corrected chi connectivity index (χ3v) is 22.4. The van der Waals surface area contributed by atoms with Crippen LogP contribution < -0.4 is 0 Å². The van der Waals surface area contributed by atoms with E-state index in [4.69, 9.17) is 0 Å². The van der Waals surface area contributed by atoms with Crippen molar-refractivity contribution < 1.29 is 0 Å². The van der Waals surface area contributed by atoms with Crippen molar-refractivity contribution in [3.63, 3.8) is 0 Å². The fourth-order valence-corrected chi connectivity index (χ4v) is 12.1. The van der Waals surface area contributed by atoms with Gasteiger partial charge in [0, 0.05) is 0 Å². The van der Waals surface area contributed by atoms with Gasteiger partial charge in [0.2, 0.25) is 0 Å². The molecule has 0 aromatic carbocycles. The van der Waals surface area contributed by atoms with E-state index in [1.54, 1.807) is 5.57 Å². The lowest BCUT2D eigenvalue weighted by Gasteiger charge is -2.13. The van der Waals surface area contributed by atoms with Gasteiger partial charge >= 0.3 is 0 Å². The number of allylic oxidation sites excluding steroid dienone is 14. The predicted molar refractivity (Wildman–Crippen MR) is 543 cm³/mol. The number of unbranched alkanes of at least 4 members (excludes halogenated alkanes) is 1. The molecule has 0 aromatic rings. The third kappa shape index (κ3) is 142. The summed E-state index contributed by atoms with van der Waals surface area (Å²) in [7, 11) is 0. The molecule has 0 aliphatic carbocycles. The predicted octanol–water partition coefficient (Wildman–Crippen LogP) is 42.5. The van der Waals surface area contributed by atoms with E-state index in [0.717, 1.165) is 107 Å². The van der Waals surface area contributed by atoms with E-state index in [1.807, 2.05) is 0 Å². The van der Waals surface area contributed by atoms with Gasteiger partial charge in [0.25, 0.3) is 0 Å². The maximum atomic E-state index is 2.47. The van der Waals surface area contributed by atoms with Gasteiger partial charge in [-0.05, 0) is 259 Å². The highest BCUT2D eigenvalue weighted by atomic mass is 14.2. The largest absolute Gasteiger partial charge is 0.0859 e. The first-order valence-corrected chi connectivity index (χ1v) is 50.6. The fourth-order valence-electron chi connectivity index (χ4n) is 12.1. The second kappa shape index (κ2) is 95.0. The molecule has 0 aliphatic heterocycles. The summed E-state index contributed by atoms with van der Waals surface area (Å²) in [5.74, 6) is 16.1. The maximum Gasteiger partial charge on any atom is -0.0288 e. The molecule has 0 aromatic heterocycles. The molecule has 0 rings (SSSR count). The summed E-state index contributed by atoms with van der Waals surface area (Å²) in [6.45, 7) is 98.4. The Morgan fingerprint density at radius 3 is 0.596 bits per heavy atom. The summed E-state index contributed by atoms with van der Waals surface area (Å²) >= 11 is 0. The van der Waals surface area contributed by atoms with E-state index in [-0.39, 0.29) is 0 Å². The molecule has 0 aliphatic rings. The Labute approximate surface area is 731 Å². The molecule has 0 nitrogen and oxygen atoms in total. The molecule has 0 saturated heterocycles. The van der Waals surface area contributed by atoms with Gasteiger partial charge in [-0.2, -0.15) is 0 Å². The van der Waals surface area contributed by atoms with Crippen molar-refractivity contribution in [1.29, 1.82) is 0 Å². The Kier molecular flexibility index (Phi) is 109. The first-order chi connectivity index (χ1) is 53.0. The van der Waals surface area contributed by atoms with Crippen LogP contribution in [-0.4, -0.2) is 0 Å². The van der Waals surface area contributed by atoms with Crippen molar-refractivity contribution in [3.8, 4) is 0 Å². The number of hydrogen-bond acceptors (Lipinski definition) is 0. The van der Waals surface area contributed by atoms with E-state index in [2.05, 4.69) is 340 Å². The zero-order valence-electron chi connectivity index (χ0n) is 88.5. The Hall–Kier alpha value is -1.82. The Morgan fingerprint density at radius 2 is 0.377 bits per heavy atom. The van der Waals surface area contributed by atoms with Crippen LogP contribution in [0.4, 0.5) is 0 Å². The van der Waals surface area contributed by atoms with Crippen molar-refractivity contribution in [3.05, 3.63) is 81.5 Å². The van der Waals surface area contributed by atoms with E-state index < -0.39 is 0 Å². The summed E-state index contributed by atoms with van der Waals surface area (Å²) < 4.78 is 0. The van der Waals surface area contributed by atoms with Crippen molar-refractivity contribution in [2.24, 2.45) is 107 Å². The summed E-state index contributed by atoms with van der Waals surface area (Å²) in [5, 5.41) is 0. The lowest BCUT2D eigenvalue weighted by Crippen LogP contribution is -1.99. The van der Waals surface area contributed by atoms with Crippen LogP contribution >= 0.6 is 0 Å². The normalized spacial score (nSPS) is 13.7. The fraction of sp³-hybridized carbons (Fsp3) is 0.877. The molecule has 0 radical (unpaired) electrons. The van der Waals surface area contributed by atoms with Crippen molar-refractivity contribution in [2.45, 2.75) is 548 Å². The minimum atomic E-state index is 0.779. The van der Waals surface area contributed by atoms with E-state index >= 15 is 0 Å². The van der Waals surface area contributed by atoms with Gasteiger partial charge in [-0.25, -0.2) is 0 Å². The van der Waals surface area contributed by atoms with Gasteiger partial charge < -0.3 is 0 Å². The lowest BCUT2D eigenvalue weighted by molar-refractivity contribution is 0.400. The van der Waals surface area contributed by atoms with Crippen LogP contribution in [0.25, 0.3) is 0 Å². The Bertz CT molecular complexity index is 2030. The second-order valence-electron chi connectivity index (χ2n) is 42.9. The summed E-state index contributed by atoms with van der Waals surface area (Å²) in [4.78, 5) is 0. The molecular formula is C114H232. The molecule has 688 valence electrons. The van der Waals surface area contributed by atoms with Crippen LogP contribution in [0, 0.1) is 107 Å². The second-order valence-corrected chi connectivity index (χ2v) is 42.9. The third-order valence-electron chi connectivity index (χ3n) is 22.4. The summed E-state index contributed by atoms with van der Waals surface area (Å²) in [6.07, 6.45) is 69.2. The lowest BCUT2D eigenvalue weighted by atomic mass is 9.93. The maximum absolute atomic E-state index is 2.47. The van der Waals surface area contributed by atoms with E-state index in [9.17, 15) is 0 Å². The van der Waals surface area contributed by atoms with Gasteiger partial charge in [0.15, 0.2) is 0 Å². The standard InChI is InChI=1S/C23H42.C18H32.2C13H28.C13H26.C11H24.2C9H20.C5H12/c1-19(2)11-8-12-21(5)13-9-14-22(6)15-10-16-23(7)18-17-20(3)4;1-15(2)9-7-10-17(5)11-8-12-18(6)14-13-16(3)4;3*1-11(2)7-6-8-13(5)10-9-12(3)4;1-5-6-7-11(4)9-8-10(2)3;2*1-5-9(4)7-6-8(2)3;1-4-5(2)3/h11,13,15,20,23H,8-10,12,14,16-18H2,1-7H3;9,11,14,16H,7-8,10,12-13H2,1-6H3;2*11-13H,6-10H2,1-5H3;7,12-13H,6,8-10H2,1-5H3;10-11H,5-9H2,1-4H3;2*8-9H,5-7H2,1-4H3;5H,4H2,1-3H3/b21-13+,22-15-;17-11+,18-14-;;;;;;;. The topological polar surface area (TPSA) is 0 Å². The molecule has 0 heteroatoms. The molecule has 0 amide bonds. The van der Waals surface area contributed by atoms with Crippen LogP contribution in [-0.2, 0) is 0 Å². The van der Waals surface area contributed by atoms with Crippen molar-refractivity contribution in [1.82, 2.24) is 0 Å². The monoisotopic (exact) mass is 1600 g/mol. The SMILES string of the molecule is CC(C)=CCC/C(C)=C/CC/C(C)=C\CC(C)C.CC(C)=CCC/C(C)=C/CC/C(C)=C\CCC(C)CCC(C)C.CC(C)=CCCC(C)CCC(C)C.CC(C)CCCC(C)CCC(C)C.CC(C)CCCC(C)CCC(C)C.CCC(C)C.CCC(C)CCC(C)C.CCC(C)CCC(C)C.CCCCC(C)CCC(C)C. The molecule has 0 heterocycles. The minimum Gasteiger partial charge on any atom is -0.0859 e. The van der Waals surface area contributed by atoms with Crippen LogP contribution in [0.15, 0.2) is 81.5 Å². The molecule has 0 fully saturated rings. The molecule has 0 N–H and O–H groups in total.